The van der Waals surface area contributed by atoms with Crippen molar-refractivity contribution in [1.29, 1.82) is 0 Å². The minimum atomic E-state index is -1.63. The number of hydrogen-bond acceptors (Lipinski definition) is 2. The molecular weight excluding hydrogens is 300 g/mol. The molecule has 0 radical (unpaired) electrons. The smallest absolute Gasteiger partial charge is 0.241 e. The second-order valence-electron chi connectivity index (χ2n) is 6.95. The molecule has 0 aliphatic carbocycles. The third kappa shape index (κ3) is 6.75. The average Bonchev–Trinajstić information content (AvgIpc) is 2.51. The van der Waals surface area contributed by atoms with E-state index >= 15 is 0 Å². The molecule has 0 heterocycles. The molecule has 0 saturated heterocycles. The maximum absolute atomic E-state index is 6.36. The largest absolute Gasteiger partial charge is 0.547 e. The van der Waals surface area contributed by atoms with Crippen molar-refractivity contribution in [2.24, 2.45) is 5.92 Å². The fourth-order valence-corrected chi connectivity index (χ4v) is 3.57. The maximum atomic E-state index is 6.36. The van der Waals surface area contributed by atoms with Crippen molar-refractivity contribution in [3.8, 4) is 0 Å². The highest BCUT2D eigenvalue weighted by Gasteiger charge is 2.27. The first kappa shape index (κ1) is 19.7. The number of benzene rings is 1. The van der Waals surface area contributed by atoms with Crippen molar-refractivity contribution in [2.45, 2.75) is 59.0 Å². The zero-order valence-corrected chi connectivity index (χ0v) is 16.5. The van der Waals surface area contributed by atoms with E-state index in [0.29, 0.717) is 0 Å². The van der Waals surface area contributed by atoms with Gasteiger partial charge in [-0.25, -0.2) is 0 Å². The molecule has 0 saturated carbocycles. The summed E-state index contributed by atoms with van der Waals surface area (Å²) in [6.45, 7) is 16.8. The topological polar surface area (TPSA) is 18.5 Å². The van der Waals surface area contributed by atoms with Crippen LogP contribution in [0, 0.1) is 5.92 Å². The van der Waals surface area contributed by atoms with Crippen LogP contribution in [-0.2, 0) is 9.16 Å². The third-order valence-corrected chi connectivity index (χ3v) is 4.61. The molecule has 0 unspecified atom stereocenters. The van der Waals surface area contributed by atoms with Crippen LogP contribution in [0.25, 0.3) is 0 Å². The average molecular weight is 333 g/mol. The molecule has 0 N–H and O–H groups in total. The van der Waals surface area contributed by atoms with Crippen LogP contribution in [0.2, 0.25) is 19.6 Å². The van der Waals surface area contributed by atoms with E-state index in [1.807, 2.05) is 31.2 Å². The Morgan fingerprint density at radius 1 is 1.17 bits per heavy atom. The molecule has 2 nitrogen and oxygen atoms in total. The number of rotatable bonds is 9. The second-order valence-corrected chi connectivity index (χ2v) is 11.4. The van der Waals surface area contributed by atoms with Crippen molar-refractivity contribution < 1.29 is 9.16 Å². The Hall–Kier alpha value is -1.32. The zero-order valence-electron chi connectivity index (χ0n) is 15.5. The monoisotopic (exact) mass is 332 g/mol. The Labute approximate surface area is 143 Å². The van der Waals surface area contributed by atoms with Crippen LogP contribution in [0.5, 0.6) is 0 Å². The molecule has 0 spiro atoms. The van der Waals surface area contributed by atoms with Gasteiger partial charge in [0.2, 0.25) is 8.32 Å². The van der Waals surface area contributed by atoms with Gasteiger partial charge in [-0.15, -0.1) is 6.58 Å². The Bertz CT molecular complexity index is 502. The lowest BCUT2D eigenvalue weighted by atomic mass is 9.98. The summed E-state index contributed by atoms with van der Waals surface area (Å²) < 4.78 is 12.6. The summed E-state index contributed by atoms with van der Waals surface area (Å²) in [5.41, 5.74) is 1.20. The van der Waals surface area contributed by atoms with Gasteiger partial charge in [0.05, 0.1) is 18.0 Å². The van der Waals surface area contributed by atoms with E-state index in [4.69, 9.17) is 9.16 Å². The highest BCUT2D eigenvalue weighted by atomic mass is 28.4. The van der Waals surface area contributed by atoms with E-state index in [2.05, 4.69) is 58.3 Å². The fourth-order valence-electron chi connectivity index (χ4n) is 2.56. The van der Waals surface area contributed by atoms with E-state index in [1.54, 1.807) is 0 Å². The summed E-state index contributed by atoms with van der Waals surface area (Å²) in [5.74, 6) is 1.24. The van der Waals surface area contributed by atoms with Crippen LogP contribution in [0.15, 0.2) is 54.8 Å². The van der Waals surface area contributed by atoms with Gasteiger partial charge in [-0.1, -0.05) is 49.4 Å². The van der Waals surface area contributed by atoms with E-state index in [9.17, 15) is 0 Å². The van der Waals surface area contributed by atoms with E-state index in [0.717, 1.165) is 12.2 Å². The van der Waals surface area contributed by atoms with E-state index in [1.165, 1.54) is 5.56 Å². The molecule has 1 aromatic carbocycles. The van der Waals surface area contributed by atoms with Crippen molar-refractivity contribution in [2.75, 3.05) is 0 Å². The molecule has 3 atom stereocenters. The third-order valence-electron chi connectivity index (χ3n) is 3.76. The minimum absolute atomic E-state index is 0.0496. The highest BCUT2D eigenvalue weighted by Crippen LogP contribution is 2.29. The van der Waals surface area contributed by atoms with Gasteiger partial charge in [0.1, 0.15) is 0 Å². The maximum Gasteiger partial charge on any atom is 0.241 e. The van der Waals surface area contributed by atoms with Gasteiger partial charge in [-0.2, -0.15) is 0 Å². The standard InChI is InChI=1S/C20H32O2Si/c1-8-13-20(16(3)19(9-2)22-23(5,6)7)21-17(4)18-14-11-10-12-15-18/h8-12,14-17,20H,1,13H2,2-7H3/b19-9-/t16-,17+,20+/m1/s1. The predicted molar refractivity (Wildman–Crippen MR) is 102 cm³/mol. The first-order valence-electron chi connectivity index (χ1n) is 8.45. The van der Waals surface area contributed by atoms with Crippen molar-refractivity contribution in [3.05, 3.63) is 60.4 Å². The molecule has 23 heavy (non-hydrogen) atoms. The summed E-state index contributed by atoms with van der Waals surface area (Å²) in [6.07, 6.45) is 4.93. The van der Waals surface area contributed by atoms with Crippen LogP contribution >= 0.6 is 0 Å². The van der Waals surface area contributed by atoms with Crippen LogP contribution in [0.1, 0.15) is 38.9 Å². The van der Waals surface area contributed by atoms with Gasteiger partial charge in [-0.05, 0) is 45.5 Å². The molecular formula is C20H32O2Si. The van der Waals surface area contributed by atoms with Gasteiger partial charge < -0.3 is 9.16 Å². The van der Waals surface area contributed by atoms with Crippen LogP contribution in [-0.4, -0.2) is 14.4 Å². The first-order valence-corrected chi connectivity index (χ1v) is 11.9. The van der Waals surface area contributed by atoms with Gasteiger partial charge >= 0.3 is 0 Å². The summed E-state index contributed by atoms with van der Waals surface area (Å²) >= 11 is 0. The minimum Gasteiger partial charge on any atom is -0.547 e. The number of ether oxygens (including phenoxy) is 1. The summed E-state index contributed by atoms with van der Waals surface area (Å²) in [6, 6.07) is 10.3. The first-order chi connectivity index (χ1) is 10.8. The van der Waals surface area contributed by atoms with E-state index < -0.39 is 8.32 Å². The lowest BCUT2D eigenvalue weighted by Crippen LogP contribution is -2.31. The molecule has 0 aliphatic rings. The van der Waals surface area contributed by atoms with E-state index in [-0.39, 0.29) is 18.1 Å². The molecule has 0 aliphatic heterocycles. The van der Waals surface area contributed by atoms with Gasteiger partial charge in [0, 0.05) is 5.92 Å². The van der Waals surface area contributed by atoms with Crippen molar-refractivity contribution in [1.82, 2.24) is 0 Å². The molecule has 128 valence electrons. The highest BCUT2D eigenvalue weighted by molar-refractivity contribution is 6.70. The van der Waals surface area contributed by atoms with Gasteiger partial charge in [-0.3, -0.25) is 0 Å². The van der Waals surface area contributed by atoms with Crippen LogP contribution in [0.3, 0.4) is 0 Å². The lowest BCUT2D eigenvalue weighted by Gasteiger charge is -2.32. The fraction of sp³-hybridized carbons (Fsp3) is 0.500. The molecule has 0 bridgehead atoms. The molecule has 1 aromatic rings. The molecule has 0 aromatic heterocycles. The van der Waals surface area contributed by atoms with Crippen molar-refractivity contribution in [3.63, 3.8) is 0 Å². The normalized spacial score (nSPS) is 16.5. The molecule has 0 fully saturated rings. The van der Waals surface area contributed by atoms with Crippen molar-refractivity contribution >= 4 is 8.32 Å². The predicted octanol–water partition coefficient (Wildman–Crippen LogP) is 6.10. The lowest BCUT2D eigenvalue weighted by molar-refractivity contribution is -0.0291. The zero-order chi connectivity index (χ0) is 17.5. The van der Waals surface area contributed by atoms with Gasteiger partial charge in [0.25, 0.3) is 0 Å². The number of hydrogen-bond donors (Lipinski definition) is 0. The Morgan fingerprint density at radius 2 is 1.78 bits per heavy atom. The Balaban J connectivity index is 2.85. The summed E-state index contributed by atoms with van der Waals surface area (Å²) in [5, 5.41) is 0. The summed E-state index contributed by atoms with van der Waals surface area (Å²) in [7, 11) is -1.63. The Kier molecular flexibility index (Phi) is 7.79. The molecule has 3 heteroatoms. The SMILES string of the molecule is C=CC[C@H](O[C@@H](C)c1ccccc1)[C@H](C)/C(=C/C)O[Si](C)(C)C. The Morgan fingerprint density at radius 3 is 2.26 bits per heavy atom. The van der Waals surface area contributed by atoms with Crippen LogP contribution < -0.4 is 0 Å². The molecule has 0 amide bonds. The molecule has 1 rings (SSSR count). The van der Waals surface area contributed by atoms with Crippen LogP contribution in [0.4, 0.5) is 0 Å². The summed E-state index contributed by atoms with van der Waals surface area (Å²) in [4.78, 5) is 0. The second kappa shape index (κ2) is 9.09. The van der Waals surface area contributed by atoms with Gasteiger partial charge in [0.15, 0.2) is 0 Å². The number of allylic oxidation sites excluding steroid dienone is 1. The quantitative estimate of drug-likeness (QED) is 0.309.